The van der Waals surface area contributed by atoms with Crippen molar-refractivity contribution >= 4 is 5.82 Å². The summed E-state index contributed by atoms with van der Waals surface area (Å²) in [6.45, 7) is 14.3. The molecule has 0 spiro atoms. The van der Waals surface area contributed by atoms with Crippen molar-refractivity contribution in [1.82, 2.24) is 14.9 Å². The quantitative estimate of drug-likeness (QED) is 0.674. The van der Waals surface area contributed by atoms with Gasteiger partial charge in [0.1, 0.15) is 17.5 Å². The summed E-state index contributed by atoms with van der Waals surface area (Å²) in [6.07, 6.45) is 0.915. The predicted molar refractivity (Wildman–Crippen MR) is 126 cm³/mol. The number of benzene rings is 1. The SMILES string of the molecule is CCc1nc(C)nc(N2CCN(CC(O)COC(C)(C)C)CC2)c1Cc1cccc(F)c1. The molecule has 3 rings (SSSR count). The Kier molecular flexibility index (Phi) is 8.20. The first-order valence-electron chi connectivity index (χ1n) is 11.5. The first-order chi connectivity index (χ1) is 15.1. The van der Waals surface area contributed by atoms with Crippen LogP contribution in [-0.4, -0.2) is 71.0 Å². The van der Waals surface area contributed by atoms with Crippen molar-refractivity contribution in [3.8, 4) is 0 Å². The van der Waals surface area contributed by atoms with Gasteiger partial charge in [0.15, 0.2) is 0 Å². The van der Waals surface area contributed by atoms with Crippen LogP contribution in [0.2, 0.25) is 0 Å². The largest absolute Gasteiger partial charge is 0.389 e. The summed E-state index contributed by atoms with van der Waals surface area (Å²) in [5.74, 6) is 1.49. The second-order valence-corrected chi connectivity index (χ2v) is 9.54. The topological polar surface area (TPSA) is 61.7 Å². The van der Waals surface area contributed by atoms with E-state index in [1.165, 1.54) is 6.07 Å². The van der Waals surface area contributed by atoms with Gasteiger partial charge in [0.25, 0.3) is 0 Å². The lowest BCUT2D eigenvalue weighted by Gasteiger charge is -2.37. The number of nitrogens with zero attached hydrogens (tertiary/aromatic N) is 4. The minimum atomic E-state index is -0.502. The van der Waals surface area contributed by atoms with Gasteiger partial charge in [0.2, 0.25) is 0 Å². The van der Waals surface area contributed by atoms with E-state index in [-0.39, 0.29) is 11.4 Å². The minimum Gasteiger partial charge on any atom is -0.389 e. The Hall–Kier alpha value is -2.09. The number of anilines is 1. The number of rotatable bonds is 8. The van der Waals surface area contributed by atoms with Crippen molar-refractivity contribution < 1.29 is 14.2 Å². The van der Waals surface area contributed by atoms with Crippen LogP contribution in [0.4, 0.5) is 10.2 Å². The summed E-state index contributed by atoms with van der Waals surface area (Å²) in [5, 5.41) is 10.4. The van der Waals surface area contributed by atoms with Gasteiger partial charge in [-0.05, 0) is 51.8 Å². The standard InChI is InChI=1S/C25H37FN4O2/c1-6-23-22(15-19-8-7-9-20(26)14-19)24(28-18(2)27-23)30-12-10-29(11-13-30)16-21(31)17-32-25(3,4)5/h7-9,14,21,31H,6,10-13,15-17H2,1-5H3. The highest BCUT2D eigenvalue weighted by molar-refractivity contribution is 5.52. The van der Waals surface area contributed by atoms with Crippen molar-refractivity contribution in [2.24, 2.45) is 0 Å². The maximum atomic E-state index is 13.8. The third kappa shape index (κ3) is 6.95. The molecule has 7 heteroatoms. The van der Waals surface area contributed by atoms with Crippen LogP contribution in [0.3, 0.4) is 0 Å². The van der Waals surface area contributed by atoms with Gasteiger partial charge in [-0.1, -0.05) is 19.1 Å². The average Bonchev–Trinajstić information content (AvgIpc) is 2.73. The zero-order chi connectivity index (χ0) is 23.3. The van der Waals surface area contributed by atoms with Crippen LogP contribution in [0.25, 0.3) is 0 Å². The van der Waals surface area contributed by atoms with E-state index in [0.29, 0.717) is 19.6 Å². The molecule has 0 bridgehead atoms. The van der Waals surface area contributed by atoms with E-state index in [0.717, 1.165) is 61.1 Å². The first-order valence-corrected chi connectivity index (χ1v) is 11.5. The summed E-state index contributed by atoms with van der Waals surface area (Å²) >= 11 is 0. The fourth-order valence-electron chi connectivity index (χ4n) is 4.06. The average molecular weight is 445 g/mol. The van der Waals surface area contributed by atoms with E-state index in [1.807, 2.05) is 33.8 Å². The molecule has 0 aliphatic carbocycles. The Morgan fingerprint density at radius 2 is 1.88 bits per heavy atom. The van der Waals surface area contributed by atoms with Crippen LogP contribution < -0.4 is 4.90 Å². The van der Waals surface area contributed by atoms with E-state index in [9.17, 15) is 9.50 Å². The second kappa shape index (κ2) is 10.7. The lowest BCUT2D eigenvalue weighted by Crippen LogP contribution is -2.50. The van der Waals surface area contributed by atoms with Crippen LogP contribution in [-0.2, 0) is 17.6 Å². The number of β-amino-alcohol motifs (C(OH)–C–C–N with tert-alkyl or cyclic N) is 1. The molecular formula is C25H37FN4O2. The van der Waals surface area contributed by atoms with Gasteiger partial charge in [-0.2, -0.15) is 0 Å². The zero-order valence-electron chi connectivity index (χ0n) is 20.1. The Bertz CT molecular complexity index is 892. The Morgan fingerprint density at radius 3 is 2.50 bits per heavy atom. The van der Waals surface area contributed by atoms with Gasteiger partial charge >= 0.3 is 0 Å². The molecule has 176 valence electrons. The molecule has 1 unspecified atom stereocenters. The number of halogens is 1. The van der Waals surface area contributed by atoms with Crippen LogP contribution in [0.15, 0.2) is 24.3 Å². The smallest absolute Gasteiger partial charge is 0.136 e. The minimum absolute atomic E-state index is 0.224. The molecule has 1 fully saturated rings. The van der Waals surface area contributed by atoms with Gasteiger partial charge < -0.3 is 14.7 Å². The first kappa shape index (κ1) is 24.6. The molecule has 2 aromatic rings. The van der Waals surface area contributed by atoms with E-state index in [2.05, 4.69) is 21.7 Å². The molecule has 1 aromatic carbocycles. The molecule has 1 N–H and O–H groups in total. The van der Waals surface area contributed by atoms with Crippen molar-refractivity contribution in [1.29, 1.82) is 0 Å². The molecular weight excluding hydrogens is 407 g/mol. The fraction of sp³-hybridized carbons (Fsp3) is 0.600. The number of aromatic nitrogens is 2. The van der Waals surface area contributed by atoms with E-state index in [4.69, 9.17) is 9.72 Å². The van der Waals surface area contributed by atoms with Crippen LogP contribution in [0, 0.1) is 12.7 Å². The van der Waals surface area contributed by atoms with Gasteiger partial charge in [-0.3, -0.25) is 4.90 Å². The highest BCUT2D eigenvalue weighted by atomic mass is 19.1. The van der Waals surface area contributed by atoms with Crippen LogP contribution >= 0.6 is 0 Å². The molecule has 1 atom stereocenters. The summed E-state index contributed by atoms with van der Waals surface area (Å²) in [5.41, 5.74) is 2.78. The molecule has 1 aliphatic heterocycles. The Labute approximate surface area is 191 Å². The van der Waals surface area contributed by atoms with Crippen molar-refractivity contribution in [3.63, 3.8) is 0 Å². The number of aliphatic hydroxyl groups excluding tert-OH is 1. The lowest BCUT2D eigenvalue weighted by atomic mass is 10.0. The van der Waals surface area contributed by atoms with E-state index >= 15 is 0 Å². The number of aryl methyl sites for hydroxylation is 2. The Morgan fingerprint density at radius 1 is 1.16 bits per heavy atom. The highest BCUT2D eigenvalue weighted by Crippen LogP contribution is 2.26. The third-order valence-corrected chi connectivity index (χ3v) is 5.64. The predicted octanol–water partition coefficient (Wildman–Crippen LogP) is 3.38. The van der Waals surface area contributed by atoms with Gasteiger partial charge in [0, 0.05) is 50.4 Å². The molecule has 6 nitrogen and oxygen atoms in total. The number of hydrogen-bond acceptors (Lipinski definition) is 6. The number of ether oxygens (including phenoxy) is 1. The maximum Gasteiger partial charge on any atom is 0.136 e. The summed E-state index contributed by atoms with van der Waals surface area (Å²) in [7, 11) is 0. The van der Waals surface area contributed by atoms with E-state index < -0.39 is 6.10 Å². The van der Waals surface area contributed by atoms with Crippen molar-refractivity contribution in [2.45, 2.75) is 59.2 Å². The molecule has 0 amide bonds. The monoisotopic (exact) mass is 444 g/mol. The second-order valence-electron chi connectivity index (χ2n) is 9.54. The van der Waals surface area contributed by atoms with Gasteiger partial charge in [-0.25, -0.2) is 14.4 Å². The van der Waals surface area contributed by atoms with Crippen LogP contribution in [0.5, 0.6) is 0 Å². The lowest BCUT2D eigenvalue weighted by molar-refractivity contribution is -0.0563. The van der Waals surface area contributed by atoms with Gasteiger partial charge in [0.05, 0.1) is 18.3 Å². The normalized spacial score (nSPS) is 16.4. The number of piperazine rings is 1. The van der Waals surface area contributed by atoms with Gasteiger partial charge in [-0.15, -0.1) is 0 Å². The third-order valence-electron chi connectivity index (χ3n) is 5.64. The molecule has 2 heterocycles. The van der Waals surface area contributed by atoms with Crippen molar-refractivity contribution in [2.75, 3.05) is 44.2 Å². The van der Waals surface area contributed by atoms with Crippen molar-refractivity contribution in [3.05, 3.63) is 52.7 Å². The molecule has 32 heavy (non-hydrogen) atoms. The fourth-order valence-corrected chi connectivity index (χ4v) is 4.06. The molecule has 1 aromatic heterocycles. The zero-order valence-corrected chi connectivity index (χ0v) is 20.1. The summed E-state index contributed by atoms with van der Waals surface area (Å²) in [6, 6.07) is 6.75. The molecule has 0 saturated carbocycles. The number of hydrogen-bond donors (Lipinski definition) is 1. The summed E-state index contributed by atoms with van der Waals surface area (Å²) < 4.78 is 19.5. The Balaban J connectivity index is 1.70. The number of aliphatic hydroxyl groups is 1. The van der Waals surface area contributed by atoms with E-state index in [1.54, 1.807) is 12.1 Å². The highest BCUT2D eigenvalue weighted by Gasteiger charge is 2.24. The maximum absolute atomic E-state index is 13.8. The summed E-state index contributed by atoms with van der Waals surface area (Å²) in [4.78, 5) is 14.0. The van der Waals surface area contributed by atoms with Crippen LogP contribution in [0.1, 0.15) is 50.3 Å². The molecule has 1 aliphatic rings. The molecule has 1 saturated heterocycles. The molecule has 0 radical (unpaired) electrons.